The molecule has 6 rings (SSSR count). The molecule has 0 atom stereocenters. The number of fused-ring (bicyclic) bond motifs is 1. The van der Waals surface area contributed by atoms with E-state index in [4.69, 9.17) is 9.15 Å². The highest BCUT2D eigenvalue weighted by Gasteiger charge is 2.26. The van der Waals surface area contributed by atoms with E-state index >= 15 is 0 Å². The number of hydrogen-bond donors (Lipinski definition) is 2. The van der Waals surface area contributed by atoms with Crippen molar-refractivity contribution >= 4 is 28.5 Å². The van der Waals surface area contributed by atoms with Crippen LogP contribution in [0.3, 0.4) is 0 Å². The van der Waals surface area contributed by atoms with Crippen LogP contribution in [0.15, 0.2) is 71.9 Å². The lowest BCUT2D eigenvalue weighted by Crippen LogP contribution is -2.35. The van der Waals surface area contributed by atoms with E-state index in [1.165, 1.54) is 18.9 Å². The van der Waals surface area contributed by atoms with Gasteiger partial charge in [0.25, 0.3) is 0 Å². The van der Waals surface area contributed by atoms with Crippen molar-refractivity contribution in [2.75, 3.05) is 30.8 Å². The maximum atomic E-state index is 12.5. The fourth-order valence-electron chi connectivity index (χ4n) is 5.73. The number of benzene rings is 2. The van der Waals surface area contributed by atoms with Crippen LogP contribution in [0.5, 0.6) is 5.75 Å². The molecular formula is C32H35N5O3. The number of likely N-dealkylation sites (tertiary alicyclic amines) is 1. The topological polar surface area (TPSA) is 92.5 Å². The minimum atomic E-state index is -0.294. The van der Waals surface area contributed by atoms with E-state index in [9.17, 15) is 4.79 Å². The van der Waals surface area contributed by atoms with Crippen molar-refractivity contribution in [3.8, 4) is 28.2 Å². The van der Waals surface area contributed by atoms with Crippen LogP contribution in [0.1, 0.15) is 38.5 Å². The number of nitrogens with one attached hydrogen (secondary N) is 2. The van der Waals surface area contributed by atoms with Gasteiger partial charge in [-0.15, -0.1) is 0 Å². The zero-order valence-electron chi connectivity index (χ0n) is 22.9. The number of hydrogen-bond acceptors (Lipinski definition) is 7. The number of carbonyl (C=O) groups is 1. The average Bonchev–Trinajstić information content (AvgIpc) is 3.64. The van der Waals surface area contributed by atoms with E-state index in [2.05, 4.69) is 39.1 Å². The second kappa shape index (κ2) is 11.5. The van der Waals surface area contributed by atoms with Crippen LogP contribution in [0.25, 0.3) is 33.6 Å². The lowest BCUT2D eigenvalue weighted by atomic mass is 9.98. The third-order valence-electron chi connectivity index (χ3n) is 7.89. The Bertz CT molecular complexity index is 1500. The van der Waals surface area contributed by atoms with E-state index in [0.29, 0.717) is 29.0 Å². The molecule has 0 radical (unpaired) electrons. The fraction of sp³-hybridized carbons (Fsp3) is 0.344. The molecule has 0 spiro atoms. The average molecular weight is 538 g/mol. The van der Waals surface area contributed by atoms with Crippen molar-refractivity contribution in [3.63, 3.8) is 0 Å². The first-order chi connectivity index (χ1) is 19.6. The summed E-state index contributed by atoms with van der Waals surface area (Å²) in [4.78, 5) is 23.9. The summed E-state index contributed by atoms with van der Waals surface area (Å²) in [5.74, 6) is 1.82. The third kappa shape index (κ3) is 5.45. The first-order valence-corrected chi connectivity index (χ1v) is 14.1. The Kier molecular flexibility index (Phi) is 7.51. The smallest absolute Gasteiger partial charge is 0.247 e. The van der Waals surface area contributed by atoms with Crippen molar-refractivity contribution in [1.82, 2.24) is 14.9 Å². The van der Waals surface area contributed by atoms with Crippen molar-refractivity contribution in [2.45, 2.75) is 50.7 Å². The largest absolute Gasteiger partial charge is 0.488 e. The lowest BCUT2D eigenvalue weighted by molar-refractivity contribution is -0.111. The normalized spacial score (nSPS) is 16.7. The molecule has 1 aliphatic carbocycles. The van der Waals surface area contributed by atoms with Crippen LogP contribution in [0, 0.1) is 0 Å². The molecule has 2 N–H and O–H groups in total. The number of aromatic nitrogens is 2. The highest BCUT2D eigenvalue weighted by Crippen LogP contribution is 2.45. The number of nitrogens with zero attached hydrogens (tertiary/aromatic N) is 3. The van der Waals surface area contributed by atoms with Crippen molar-refractivity contribution < 1.29 is 13.9 Å². The van der Waals surface area contributed by atoms with Crippen molar-refractivity contribution in [2.24, 2.45) is 0 Å². The summed E-state index contributed by atoms with van der Waals surface area (Å²) in [6.45, 7) is 5.60. The second-order valence-corrected chi connectivity index (χ2v) is 10.7. The highest BCUT2D eigenvalue weighted by molar-refractivity contribution is 6.07. The predicted molar refractivity (Wildman–Crippen MR) is 159 cm³/mol. The predicted octanol–water partition coefficient (Wildman–Crippen LogP) is 6.51. The number of rotatable bonds is 8. The van der Waals surface area contributed by atoms with Crippen LogP contribution < -0.4 is 15.4 Å². The summed E-state index contributed by atoms with van der Waals surface area (Å²) in [5, 5.41) is 7.46. The van der Waals surface area contributed by atoms with Gasteiger partial charge in [-0.05, 0) is 56.5 Å². The summed E-state index contributed by atoms with van der Waals surface area (Å²) in [6, 6.07) is 16.3. The van der Waals surface area contributed by atoms with Crippen LogP contribution in [-0.4, -0.2) is 53.1 Å². The molecule has 40 heavy (non-hydrogen) atoms. The Morgan fingerprint density at radius 3 is 2.58 bits per heavy atom. The van der Waals surface area contributed by atoms with Crippen molar-refractivity contribution in [3.05, 3.63) is 67.5 Å². The molecule has 0 unspecified atom stereocenters. The van der Waals surface area contributed by atoms with E-state index in [0.717, 1.165) is 66.7 Å². The summed E-state index contributed by atoms with van der Waals surface area (Å²) in [6.07, 6.45) is 9.44. The van der Waals surface area contributed by atoms with Crippen molar-refractivity contribution in [1.29, 1.82) is 0 Å². The van der Waals surface area contributed by atoms with Gasteiger partial charge in [-0.25, -0.2) is 9.97 Å². The number of amides is 1. The van der Waals surface area contributed by atoms with E-state index in [1.807, 2.05) is 48.5 Å². The van der Waals surface area contributed by atoms with Crippen LogP contribution in [0.2, 0.25) is 0 Å². The van der Waals surface area contributed by atoms with E-state index in [1.54, 1.807) is 6.33 Å². The Labute approximate surface area is 234 Å². The summed E-state index contributed by atoms with van der Waals surface area (Å²) in [5.41, 5.74) is 3.80. The lowest BCUT2D eigenvalue weighted by Gasteiger charge is -2.30. The number of anilines is 2. The molecule has 206 valence electrons. The van der Waals surface area contributed by atoms with Gasteiger partial charge in [-0.1, -0.05) is 55.8 Å². The van der Waals surface area contributed by atoms with Gasteiger partial charge in [0.2, 0.25) is 11.6 Å². The minimum Gasteiger partial charge on any atom is -0.488 e. The Hall–Kier alpha value is -4.17. The molecule has 2 aromatic carbocycles. The monoisotopic (exact) mass is 537 g/mol. The molecule has 8 nitrogen and oxygen atoms in total. The molecule has 2 aliphatic rings. The number of piperidine rings is 1. The SMILES string of the molecule is C=CC(=O)Nc1cc(-c2c(-c3ccccc3)oc3ncnc(NC4CCCC4)c23)ccc1OC1CCN(C)CC1. The third-order valence-corrected chi connectivity index (χ3v) is 7.89. The maximum absolute atomic E-state index is 12.5. The Balaban J connectivity index is 1.48. The molecule has 1 amide bonds. The summed E-state index contributed by atoms with van der Waals surface area (Å²) < 4.78 is 12.8. The highest BCUT2D eigenvalue weighted by atomic mass is 16.5. The fourth-order valence-corrected chi connectivity index (χ4v) is 5.73. The zero-order chi connectivity index (χ0) is 27.5. The van der Waals surface area contributed by atoms with Gasteiger partial charge < -0.3 is 24.7 Å². The van der Waals surface area contributed by atoms with Gasteiger partial charge in [0, 0.05) is 30.3 Å². The van der Waals surface area contributed by atoms with E-state index in [-0.39, 0.29) is 12.0 Å². The number of ether oxygens (including phenoxy) is 1. The molecule has 4 aromatic rings. The van der Waals surface area contributed by atoms with Crippen LogP contribution >= 0.6 is 0 Å². The Morgan fingerprint density at radius 2 is 1.82 bits per heavy atom. The van der Waals surface area contributed by atoms with Gasteiger partial charge >= 0.3 is 0 Å². The zero-order valence-corrected chi connectivity index (χ0v) is 22.9. The molecule has 2 fully saturated rings. The van der Waals surface area contributed by atoms with Gasteiger partial charge in [0.15, 0.2) is 0 Å². The summed E-state index contributed by atoms with van der Waals surface area (Å²) >= 11 is 0. The van der Waals surface area contributed by atoms with E-state index < -0.39 is 0 Å². The first-order valence-electron chi connectivity index (χ1n) is 14.1. The van der Waals surface area contributed by atoms with Gasteiger partial charge in [0.1, 0.15) is 29.8 Å². The molecule has 2 aromatic heterocycles. The molecule has 1 saturated carbocycles. The Morgan fingerprint density at radius 1 is 1.05 bits per heavy atom. The first kappa shape index (κ1) is 26.1. The number of carbonyl (C=O) groups excluding carboxylic acids is 1. The minimum absolute atomic E-state index is 0.0895. The molecule has 1 aliphatic heterocycles. The second-order valence-electron chi connectivity index (χ2n) is 10.7. The van der Waals surface area contributed by atoms with Crippen LogP contribution in [0.4, 0.5) is 11.5 Å². The molecular weight excluding hydrogens is 502 g/mol. The van der Waals surface area contributed by atoms with Gasteiger partial charge in [-0.3, -0.25) is 4.79 Å². The van der Waals surface area contributed by atoms with Crippen LogP contribution in [-0.2, 0) is 4.79 Å². The van der Waals surface area contributed by atoms with Gasteiger partial charge in [0.05, 0.1) is 11.1 Å². The standard InChI is InChI=1S/C32H35N5O3/c1-3-27(38)36-25-19-22(13-14-26(25)39-24-15-17-37(2)18-16-24)28-29-31(35-23-11-7-8-12-23)33-20-34-32(29)40-30(28)21-9-5-4-6-10-21/h3-6,9-10,13-14,19-20,23-24H,1,7-8,11-12,15-18H2,2H3,(H,36,38)(H,33,34,35). The summed E-state index contributed by atoms with van der Waals surface area (Å²) in [7, 11) is 2.12. The quantitative estimate of drug-likeness (QED) is 0.248. The molecule has 1 saturated heterocycles. The number of furan rings is 1. The molecule has 3 heterocycles. The molecule has 0 bridgehead atoms. The maximum Gasteiger partial charge on any atom is 0.247 e. The molecule has 8 heteroatoms. The van der Waals surface area contributed by atoms with Gasteiger partial charge in [-0.2, -0.15) is 0 Å².